The summed E-state index contributed by atoms with van der Waals surface area (Å²) in [7, 11) is 0. The Hall–Kier alpha value is -0.910. The third-order valence-corrected chi connectivity index (χ3v) is 2.06. The molecule has 1 atom stereocenters. The van der Waals surface area contributed by atoms with Crippen molar-refractivity contribution in [1.82, 2.24) is 10.2 Å². The maximum Gasteiger partial charge on any atom is 0.317 e. The van der Waals surface area contributed by atoms with Crippen LogP contribution in [0.15, 0.2) is 4.42 Å². The minimum absolute atomic E-state index is 0.0915. The first-order valence-corrected chi connectivity index (χ1v) is 4.96. The molecule has 0 aliphatic carbocycles. The number of nitrogens with zero attached hydrogens (tertiary/aromatic N) is 2. The van der Waals surface area contributed by atoms with Crippen molar-refractivity contribution in [2.24, 2.45) is 0 Å². The van der Waals surface area contributed by atoms with Gasteiger partial charge in [-0.25, -0.2) is 0 Å². The summed E-state index contributed by atoms with van der Waals surface area (Å²) in [6.07, 6.45) is 2.04. The fourth-order valence-electron chi connectivity index (χ4n) is 0.795. The standard InChI is InChI=1S/C6H12N4OS/c1-4(3-12-2)8-6-10-9-5(7)11-6/h4H,3H2,1-2H3,(H2,7,9)(H,8,10). The summed E-state index contributed by atoms with van der Waals surface area (Å²) >= 11 is 1.75. The average Bonchev–Trinajstić information content (AvgIpc) is 2.36. The van der Waals surface area contributed by atoms with Crippen LogP contribution >= 0.6 is 11.8 Å². The van der Waals surface area contributed by atoms with E-state index in [9.17, 15) is 0 Å². The molecule has 0 radical (unpaired) electrons. The van der Waals surface area contributed by atoms with Crippen molar-refractivity contribution >= 4 is 23.8 Å². The minimum atomic E-state index is 0.0915. The molecule has 1 unspecified atom stereocenters. The molecule has 3 N–H and O–H groups in total. The number of thioether (sulfide) groups is 1. The molecule has 1 heterocycles. The van der Waals surface area contributed by atoms with Gasteiger partial charge in [-0.3, -0.25) is 0 Å². The van der Waals surface area contributed by atoms with Gasteiger partial charge in [-0.05, 0) is 13.2 Å². The molecule has 1 aromatic rings. The second-order valence-electron chi connectivity index (χ2n) is 2.45. The van der Waals surface area contributed by atoms with Crippen molar-refractivity contribution in [2.75, 3.05) is 23.1 Å². The molecule has 0 aliphatic rings. The Balaban J connectivity index is 2.41. The van der Waals surface area contributed by atoms with Gasteiger partial charge in [-0.15, -0.1) is 0 Å². The third kappa shape index (κ3) is 2.61. The van der Waals surface area contributed by atoms with E-state index in [1.165, 1.54) is 0 Å². The summed E-state index contributed by atoms with van der Waals surface area (Å²) < 4.78 is 4.94. The Morgan fingerprint density at radius 2 is 2.42 bits per heavy atom. The summed E-state index contributed by atoms with van der Waals surface area (Å²) in [6, 6.07) is 0.780. The monoisotopic (exact) mass is 188 g/mol. The van der Waals surface area contributed by atoms with Crippen LogP contribution in [0.2, 0.25) is 0 Å². The maximum atomic E-state index is 5.24. The zero-order valence-electron chi connectivity index (χ0n) is 7.07. The van der Waals surface area contributed by atoms with Gasteiger partial charge in [0.05, 0.1) is 0 Å². The van der Waals surface area contributed by atoms with Gasteiger partial charge in [-0.1, -0.05) is 10.2 Å². The second kappa shape index (κ2) is 4.20. The molecule has 12 heavy (non-hydrogen) atoms. The van der Waals surface area contributed by atoms with E-state index in [0.29, 0.717) is 12.1 Å². The van der Waals surface area contributed by atoms with Crippen molar-refractivity contribution in [2.45, 2.75) is 13.0 Å². The van der Waals surface area contributed by atoms with Crippen LogP contribution in [0.25, 0.3) is 0 Å². The molecule has 0 spiro atoms. The predicted octanol–water partition coefficient (Wildman–Crippen LogP) is 0.815. The lowest BCUT2D eigenvalue weighted by Gasteiger charge is -2.08. The van der Waals surface area contributed by atoms with Gasteiger partial charge in [0.15, 0.2) is 0 Å². The van der Waals surface area contributed by atoms with Gasteiger partial charge < -0.3 is 15.5 Å². The highest BCUT2D eigenvalue weighted by molar-refractivity contribution is 7.98. The number of nitrogens with one attached hydrogen (secondary N) is 1. The number of nitrogens with two attached hydrogens (primary N) is 1. The maximum absolute atomic E-state index is 5.24. The normalized spacial score (nSPS) is 12.8. The number of anilines is 2. The molecule has 0 saturated carbocycles. The van der Waals surface area contributed by atoms with Gasteiger partial charge in [0.1, 0.15) is 0 Å². The van der Waals surface area contributed by atoms with E-state index in [0.717, 1.165) is 5.75 Å². The molecule has 0 aliphatic heterocycles. The quantitative estimate of drug-likeness (QED) is 0.728. The van der Waals surface area contributed by atoms with Crippen LogP contribution in [0.4, 0.5) is 12.0 Å². The lowest BCUT2D eigenvalue weighted by molar-refractivity contribution is 0.580. The molecule has 0 saturated heterocycles. The first-order chi connectivity index (χ1) is 5.72. The number of nitrogen functional groups attached to an aromatic ring is 1. The summed E-state index contributed by atoms with van der Waals surface area (Å²) in [4.78, 5) is 0. The lowest BCUT2D eigenvalue weighted by atomic mass is 10.4. The Bertz CT molecular complexity index is 239. The zero-order chi connectivity index (χ0) is 8.97. The Kier molecular flexibility index (Phi) is 3.21. The zero-order valence-corrected chi connectivity index (χ0v) is 7.89. The molecular formula is C6H12N4OS. The molecule has 0 fully saturated rings. The largest absolute Gasteiger partial charge is 0.390 e. The SMILES string of the molecule is CSCC(C)Nc1nnc(N)o1. The molecule has 1 rings (SSSR count). The van der Waals surface area contributed by atoms with Crippen LogP contribution < -0.4 is 11.1 Å². The van der Waals surface area contributed by atoms with E-state index >= 15 is 0 Å². The topological polar surface area (TPSA) is 77.0 Å². The van der Waals surface area contributed by atoms with Gasteiger partial charge in [0.2, 0.25) is 0 Å². The van der Waals surface area contributed by atoms with Gasteiger partial charge >= 0.3 is 12.0 Å². The molecule has 5 nitrogen and oxygen atoms in total. The van der Waals surface area contributed by atoms with Crippen LogP contribution in [-0.2, 0) is 0 Å². The molecule has 0 bridgehead atoms. The fourth-order valence-corrected chi connectivity index (χ4v) is 1.38. The van der Waals surface area contributed by atoms with Crippen molar-refractivity contribution in [3.8, 4) is 0 Å². The predicted molar refractivity (Wildman–Crippen MR) is 50.2 cm³/mol. The number of rotatable bonds is 4. The summed E-state index contributed by atoms with van der Waals surface area (Å²) in [5.41, 5.74) is 5.24. The van der Waals surface area contributed by atoms with Crippen LogP contribution in [0, 0.1) is 0 Å². The number of hydrogen-bond acceptors (Lipinski definition) is 6. The minimum Gasteiger partial charge on any atom is -0.390 e. The molecular weight excluding hydrogens is 176 g/mol. The fraction of sp³-hybridized carbons (Fsp3) is 0.667. The molecule has 0 amide bonds. The van der Waals surface area contributed by atoms with Crippen molar-refractivity contribution in [3.05, 3.63) is 0 Å². The van der Waals surface area contributed by atoms with Crippen LogP contribution in [-0.4, -0.2) is 28.2 Å². The van der Waals surface area contributed by atoms with Crippen LogP contribution in [0.3, 0.4) is 0 Å². The van der Waals surface area contributed by atoms with Gasteiger partial charge in [0, 0.05) is 11.8 Å². The smallest absolute Gasteiger partial charge is 0.317 e. The van der Waals surface area contributed by atoms with E-state index < -0.39 is 0 Å². The highest BCUT2D eigenvalue weighted by atomic mass is 32.2. The summed E-state index contributed by atoms with van der Waals surface area (Å²) in [5.74, 6) is 0.988. The number of hydrogen-bond donors (Lipinski definition) is 2. The van der Waals surface area contributed by atoms with E-state index in [2.05, 4.69) is 15.5 Å². The van der Waals surface area contributed by atoms with Crippen LogP contribution in [0.5, 0.6) is 0 Å². The molecule has 1 aromatic heterocycles. The van der Waals surface area contributed by atoms with Crippen LogP contribution in [0.1, 0.15) is 6.92 Å². The Morgan fingerprint density at radius 1 is 1.67 bits per heavy atom. The second-order valence-corrected chi connectivity index (χ2v) is 3.36. The summed E-state index contributed by atoms with van der Waals surface area (Å²) in [6.45, 7) is 2.04. The lowest BCUT2D eigenvalue weighted by Crippen LogP contribution is -2.17. The molecule has 68 valence electrons. The van der Waals surface area contributed by atoms with E-state index in [4.69, 9.17) is 10.2 Å². The molecule has 0 aromatic carbocycles. The highest BCUT2D eigenvalue weighted by Gasteiger charge is 2.05. The van der Waals surface area contributed by atoms with Gasteiger partial charge in [0.25, 0.3) is 0 Å². The van der Waals surface area contributed by atoms with Crippen molar-refractivity contribution in [1.29, 1.82) is 0 Å². The third-order valence-electron chi connectivity index (χ3n) is 1.23. The van der Waals surface area contributed by atoms with Crippen molar-refractivity contribution < 1.29 is 4.42 Å². The average molecular weight is 188 g/mol. The Morgan fingerprint density at radius 3 is 2.92 bits per heavy atom. The van der Waals surface area contributed by atoms with E-state index in [1.54, 1.807) is 11.8 Å². The first-order valence-electron chi connectivity index (χ1n) is 3.57. The van der Waals surface area contributed by atoms with E-state index in [1.807, 2.05) is 13.2 Å². The summed E-state index contributed by atoms with van der Waals surface area (Å²) in [5, 5.41) is 10.2. The Labute approximate surface area is 75.1 Å². The van der Waals surface area contributed by atoms with Crippen molar-refractivity contribution in [3.63, 3.8) is 0 Å². The highest BCUT2D eigenvalue weighted by Crippen LogP contribution is 2.09. The molecule has 6 heteroatoms. The first kappa shape index (κ1) is 9.18. The number of aromatic nitrogens is 2. The van der Waals surface area contributed by atoms with Gasteiger partial charge in [-0.2, -0.15) is 11.8 Å². The van der Waals surface area contributed by atoms with E-state index in [-0.39, 0.29) is 6.01 Å².